The first-order chi connectivity index (χ1) is 12.2. The number of allylic oxidation sites excluding steroid dienone is 1. The molecule has 1 aliphatic heterocycles. The molecule has 3 aromatic carbocycles. The monoisotopic (exact) mass is 328 g/mol. The van der Waals surface area contributed by atoms with Gasteiger partial charge in [0.25, 0.3) is 0 Å². The first kappa shape index (κ1) is 15.1. The fourth-order valence-electron chi connectivity index (χ4n) is 3.33. The Hall–Kier alpha value is -3.45. The lowest BCUT2D eigenvalue weighted by Gasteiger charge is -2.27. The number of ether oxygens (including phenoxy) is 2. The molecule has 0 unspecified atom stereocenters. The van der Waals surface area contributed by atoms with Gasteiger partial charge in [0.2, 0.25) is 5.88 Å². The van der Waals surface area contributed by atoms with Gasteiger partial charge in [-0.3, -0.25) is 0 Å². The molecule has 0 fully saturated rings. The van der Waals surface area contributed by atoms with Crippen LogP contribution >= 0.6 is 0 Å². The fourth-order valence-corrected chi connectivity index (χ4v) is 3.33. The number of hydrogen-bond acceptors (Lipinski definition) is 4. The Labute approximate surface area is 145 Å². The van der Waals surface area contributed by atoms with Crippen LogP contribution in [0.2, 0.25) is 0 Å². The Morgan fingerprint density at radius 2 is 1.80 bits per heavy atom. The molecule has 0 amide bonds. The zero-order chi connectivity index (χ0) is 17.4. The van der Waals surface area contributed by atoms with Gasteiger partial charge in [0.05, 0.1) is 13.0 Å². The van der Waals surface area contributed by atoms with E-state index in [4.69, 9.17) is 15.2 Å². The number of fused-ring (bicyclic) bond motifs is 3. The molecule has 0 bridgehead atoms. The van der Waals surface area contributed by atoms with E-state index in [-0.39, 0.29) is 11.8 Å². The molecule has 0 radical (unpaired) electrons. The van der Waals surface area contributed by atoms with Crippen molar-refractivity contribution in [3.63, 3.8) is 0 Å². The summed E-state index contributed by atoms with van der Waals surface area (Å²) >= 11 is 0. The lowest BCUT2D eigenvalue weighted by molar-refractivity contribution is 0.398. The third-order valence-electron chi connectivity index (χ3n) is 4.56. The van der Waals surface area contributed by atoms with Crippen LogP contribution in [0.4, 0.5) is 0 Å². The van der Waals surface area contributed by atoms with Crippen LogP contribution in [0, 0.1) is 11.3 Å². The second-order valence-electron chi connectivity index (χ2n) is 5.90. The molecule has 25 heavy (non-hydrogen) atoms. The van der Waals surface area contributed by atoms with Gasteiger partial charge < -0.3 is 15.2 Å². The van der Waals surface area contributed by atoms with Crippen molar-refractivity contribution < 1.29 is 9.47 Å². The van der Waals surface area contributed by atoms with E-state index in [2.05, 4.69) is 6.07 Å². The molecule has 4 heteroatoms. The molecular formula is C21H16N2O2. The molecule has 1 aliphatic rings. The highest BCUT2D eigenvalue weighted by atomic mass is 16.5. The van der Waals surface area contributed by atoms with Gasteiger partial charge in [-0.1, -0.05) is 48.5 Å². The minimum absolute atomic E-state index is 0.159. The normalized spacial score (nSPS) is 16.1. The fraction of sp³-hybridized carbons (Fsp3) is 0.0952. The van der Waals surface area contributed by atoms with Crippen LogP contribution in [-0.2, 0) is 0 Å². The van der Waals surface area contributed by atoms with Gasteiger partial charge in [-0.2, -0.15) is 5.26 Å². The summed E-state index contributed by atoms with van der Waals surface area (Å²) in [5.41, 5.74) is 8.43. The predicted molar refractivity (Wildman–Crippen MR) is 96.2 cm³/mol. The molecule has 0 saturated heterocycles. The van der Waals surface area contributed by atoms with E-state index in [9.17, 15) is 5.26 Å². The van der Waals surface area contributed by atoms with E-state index in [0.29, 0.717) is 5.57 Å². The van der Waals surface area contributed by atoms with E-state index in [1.165, 1.54) is 0 Å². The Balaban J connectivity index is 1.96. The van der Waals surface area contributed by atoms with Crippen LogP contribution in [0.15, 0.2) is 72.1 Å². The van der Waals surface area contributed by atoms with Crippen molar-refractivity contribution in [1.29, 1.82) is 5.26 Å². The Morgan fingerprint density at radius 3 is 2.52 bits per heavy atom. The average molecular weight is 328 g/mol. The van der Waals surface area contributed by atoms with E-state index in [0.717, 1.165) is 33.4 Å². The Morgan fingerprint density at radius 1 is 1.04 bits per heavy atom. The van der Waals surface area contributed by atoms with Crippen molar-refractivity contribution >= 4 is 10.8 Å². The van der Waals surface area contributed by atoms with Crippen LogP contribution in [0.1, 0.15) is 17.0 Å². The van der Waals surface area contributed by atoms with Crippen molar-refractivity contribution in [3.05, 3.63) is 83.2 Å². The zero-order valence-corrected chi connectivity index (χ0v) is 13.7. The molecule has 0 spiro atoms. The molecule has 4 nitrogen and oxygen atoms in total. The summed E-state index contributed by atoms with van der Waals surface area (Å²) in [7, 11) is 1.63. The number of hydrogen-bond donors (Lipinski definition) is 1. The molecule has 0 aromatic heterocycles. The lowest BCUT2D eigenvalue weighted by Crippen LogP contribution is -2.21. The van der Waals surface area contributed by atoms with Gasteiger partial charge in [-0.25, -0.2) is 0 Å². The number of rotatable bonds is 2. The zero-order valence-electron chi connectivity index (χ0n) is 13.7. The second kappa shape index (κ2) is 5.88. The summed E-state index contributed by atoms with van der Waals surface area (Å²) in [5.74, 6) is 1.39. The van der Waals surface area contributed by atoms with Gasteiger partial charge in [0.15, 0.2) is 0 Å². The summed E-state index contributed by atoms with van der Waals surface area (Å²) in [4.78, 5) is 0. The molecule has 0 aliphatic carbocycles. The SMILES string of the molecule is COc1ccc([C@@H]2C(C#N)=C(N)Oc3c2ccc2ccccc32)cc1. The third-order valence-corrected chi connectivity index (χ3v) is 4.56. The Bertz CT molecular complexity index is 1030. The molecule has 1 atom stereocenters. The summed E-state index contributed by atoms with van der Waals surface area (Å²) in [5, 5.41) is 11.7. The number of methoxy groups -OCH3 is 1. The number of nitrogens with two attached hydrogens (primary N) is 1. The van der Waals surface area contributed by atoms with Crippen LogP contribution in [0.3, 0.4) is 0 Å². The third kappa shape index (κ3) is 2.38. The summed E-state index contributed by atoms with van der Waals surface area (Å²) in [6.07, 6.45) is 0. The predicted octanol–water partition coefficient (Wildman–Crippen LogP) is 4.07. The minimum atomic E-state index is -0.260. The maximum atomic E-state index is 9.64. The van der Waals surface area contributed by atoms with Crippen molar-refractivity contribution in [2.75, 3.05) is 7.11 Å². The molecule has 0 saturated carbocycles. The van der Waals surface area contributed by atoms with E-state index >= 15 is 0 Å². The maximum absolute atomic E-state index is 9.64. The van der Waals surface area contributed by atoms with Gasteiger partial charge in [-0.15, -0.1) is 0 Å². The summed E-state index contributed by atoms with van der Waals surface area (Å²) in [6, 6.07) is 21.9. The number of benzene rings is 3. The average Bonchev–Trinajstić information content (AvgIpc) is 2.67. The van der Waals surface area contributed by atoms with Crippen LogP contribution in [0.5, 0.6) is 11.5 Å². The summed E-state index contributed by atoms with van der Waals surface area (Å²) in [6.45, 7) is 0. The maximum Gasteiger partial charge on any atom is 0.205 e. The van der Waals surface area contributed by atoms with Gasteiger partial charge in [0, 0.05) is 10.9 Å². The number of nitriles is 1. The minimum Gasteiger partial charge on any atom is -0.497 e. The van der Waals surface area contributed by atoms with Crippen molar-refractivity contribution in [3.8, 4) is 17.6 Å². The van der Waals surface area contributed by atoms with Crippen LogP contribution in [0.25, 0.3) is 10.8 Å². The van der Waals surface area contributed by atoms with Crippen LogP contribution < -0.4 is 15.2 Å². The quantitative estimate of drug-likeness (QED) is 0.770. The molecule has 1 heterocycles. The Kier molecular flexibility index (Phi) is 3.55. The lowest BCUT2D eigenvalue weighted by atomic mass is 9.82. The largest absolute Gasteiger partial charge is 0.497 e. The number of nitrogens with zero attached hydrogens (tertiary/aromatic N) is 1. The first-order valence-electron chi connectivity index (χ1n) is 7.96. The first-order valence-corrected chi connectivity index (χ1v) is 7.96. The highest BCUT2D eigenvalue weighted by Crippen LogP contribution is 2.45. The van der Waals surface area contributed by atoms with Gasteiger partial charge >= 0.3 is 0 Å². The van der Waals surface area contributed by atoms with E-state index in [1.54, 1.807) is 7.11 Å². The second-order valence-corrected chi connectivity index (χ2v) is 5.90. The molecule has 4 rings (SSSR count). The molecule has 2 N–H and O–H groups in total. The van der Waals surface area contributed by atoms with Crippen molar-refractivity contribution in [1.82, 2.24) is 0 Å². The van der Waals surface area contributed by atoms with E-state index < -0.39 is 0 Å². The molecule has 3 aromatic rings. The highest BCUT2D eigenvalue weighted by Gasteiger charge is 2.31. The topological polar surface area (TPSA) is 68.3 Å². The molecule has 122 valence electrons. The molecular weight excluding hydrogens is 312 g/mol. The van der Waals surface area contributed by atoms with Gasteiger partial charge in [0.1, 0.15) is 23.1 Å². The standard InChI is InChI=1S/C21H16N2O2/c1-24-15-9-6-14(7-10-15)19-17-11-8-13-4-2-3-5-16(13)20(17)25-21(23)18(19)12-22/h2-11,19H,23H2,1H3/t19-/m0/s1. The van der Waals surface area contributed by atoms with Crippen molar-refractivity contribution in [2.24, 2.45) is 5.73 Å². The highest BCUT2D eigenvalue weighted by molar-refractivity contribution is 5.90. The van der Waals surface area contributed by atoms with Gasteiger partial charge in [-0.05, 0) is 23.1 Å². The van der Waals surface area contributed by atoms with Crippen molar-refractivity contribution in [2.45, 2.75) is 5.92 Å². The van der Waals surface area contributed by atoms with Crippen LogP contribution in [-0.4, -0.2) is 7.11 Å². The smallest absolute Gasteiger partial charge is 0.205 e. The van der Waals surface area contributed by atoms with E-state index in [1.807, 2.05) is 60.7 Å². The summed E-state index contributed by atoms with van der Waals surface area (Å²) < 4.78 is 11.1.